The van der Waals surface area contributed by atoms with E-state index in [-0.39, 0.29) is 11.6 Å². The Hall–Kier alpha value is -2.11. The highest BCUT2D eigenvalue weighted by atomic mass is 16.6. The van der Waals surface area contributed by atoms with E-state index in [1.54, 1.807) is 26.8 Å². The van der Waals surface area contributed by atoms with E-state index in [9.17, 15) is 9.59 Å². The number of carboxylic acid groups (broad SMARTS) is 1. The van der Waals surface area contributed by atoms with Gasteiger partial charge < -0.3 is 15.2 Å². The van der Waals surface area contributed by atoms with Crippen molar-refractivity contribution in [2.24, 2.45) is 0 Å². The van der Waals surface area contributed by atoms with Gasteiger partial charge in [-0.2, -0.15) is 0 Å². The highest BCUT2D eigenvalue weighted by molar-refractivity contribution is 5.87. The summed E-state index contributed by atoms with van der Waals surface area (Å²) >= 11 is 0. The molecule has 0 aliphatic heterocycles. The molecule has 0 bridgehead atoms. The Morgan fingerprint density at radius 3 is 2.75 bits per heavy atom. The monoisotopic (exact) mass is 278 g/mol. The van der Waals surface area contributed by atoms with E-state index >= 15 is 0 Å². The Labute approximate surface area is 117 Å². The SMILES string of the molecule is CC(C)(C)OC(=O)NC1CCc2cc(C(=O)O)cnc21. The van der Waals surface area contributed by atoms with Gasteiger partial charge in [0.1, 0.15) is 5.60 Å². The molecule has 1 unspecified atom stereocenters. The number of alkyl carbamates (subject to hydrolysis) is 1. The Kier molecular flexibility index (Phi) is 3.65. The Bertz CT molecular complexity index is 549. The summed E-state index contributed by atoms with van der Waals surface area (Å²) in [5, 5.41) is 11.7. The predicted molar refractivity (Wildman–Crippen MR) is 71.6 cm³/mol. The average Bonchev–Trinajstić information content (AvgIpc) is 2.69. The van der Waals surface area contributed by atoms with Crippen LogP contribution in [-0.4, -0.2) is 27.8 Å². The molecule has 0 spiro atoms. The Morgan fingerprint density at radius 1 is 1.45 bits per heavy atom. The van der Waals surface area contributed by atoms with Gasteiger partial charge in [-0.15, -0.1) is 0 Å². The number of amides is 1. The maximum absolute atomic E-state index is 11.7. The number of carboxylic acids is 1. The zero-order chi connectivity index (χ0) is 14.9. The molecule has 0 saturated carbocycles. The molecule has 0 fully saturated rings. The molecule has 2 rings (SSSR count). The van der Waals surface area contributed by atoms with Crippen LogP contribution in [0.2, 0.25) is 0 Å². The van der Waals surface area contributed by atoms with Gasteiger partial charge >= 0.3 is 12.1 Å². The lowest BCUT2D eigenvalue weighted by molar-refractivity contribution is 0.0502. The van der Waals surface area contributed by atoms with Crippen molar-refractivity contribution >= 4 is 12.1 Å². The summed E-state index contributed by atoms with van der Waals surface area (Å²) < 4.78 is 5.20. The van der Waals surface area contributed by atoms with Gasteiger partial charge in [0.25, 0.3) is 0 Å². The lowest BCUT2D eigenvalue weighted by Gasteiger charge is -2.21. The van der Waals surface area contributed by atoms with E-state index in [1.807, 2.05) is 0 Å². The fraction of sp³-hybridized carbons (Fsp3) is 0.500. The van der Waals surface area contributed by atoms with Crippen molar-refractivity contribution in [1.29, 1.82) is 0 Å². The first-order valence-electron chi connectivity index (χ1n) is 6.48. The second-order valence-electron chi connectivity index (χ2n) is 5.81. The topological polar surface area (TPSA) is 88.5 Å². The van der Waals surface area contributed by atoms with E-state index in [2.05, 4.69) is 10.3 Å². The summed E-state index contributed by atoms with van der Waals surface area (Å²) in [7, 11) is 0. The van der Waals surface area contributed by atoms with E-state index in [0.29, 0.717) is 12.8 Å². The van der Waals surface area contributed by atoms with E-state index in [4.69, 9.17) is 9.84 Å². The number of aryl methyl sites for hydroxylation is 1. The van der Waals surface area contributed by atoms with Crippen molar-refractivity contribution in [2.45, 2.75) is 45.3 Å². The molecule has 20 heavy (non-hydrogen) atoms. The highest BCUT2D eigenvalue weighted by Crippen LogP contribution is 2.30. The number of hydrogen-bond acceptors (Lipinski definition) is 4. The molecule has 2 N–H and O–H groups in total. The first-order chi connectivity index (χ1) is 9.26. The number of carbonyl (C=O) groups excluding carboxylic acids is 1. The number of nitrogens with one attached hydrogen (secondary N) is 1. The van der Waals surface area contributed by atoms with Crippen molar-refractivity contribution < 1.29 is 19.4 Å². The van der Waals surface area contributed by atoms with Gasteiger partial charge in [0, 0.05) is 6.20 Å². The van der Waals surface area contributed by atoms with Crippen LogP contribution in [0.3, 0.4) is 0 Å². The van der Waals surface area contributed by atoms with Crippen LogP contribution in [0.4, 0.5) is 4.79 Å². The molecule has 6 nitrogen and oxygen atoms in total. The van der Waals surface area contributed by atoms with E-state index in [1.165, 1.54) is 6.20 Å². The van der Waals surface area contributed by atoms with E-state index < -0.39 is 17.7 Å². The molecule has 1 heterocycles. The number of aromatic nitrogens is 1. The number of ether oxygens (including phenoxy) is 1. The fourth-order valence-electron chi connectivity index (χ4n) is 2.18. The van der Waals surface area contributed by atoms with Crippen LogP contribution in [-0.2, 0) is 11.2 Å². The van der Waals surface area contributed by atoms with Gasteiger partial charge in [0.2, 0.25) is 0 Å². The van der Waals surface area contributed by atoms with Crippen molar-refractivity contribution in [3.8, 4) is 0 Å². The molecule has 1 aliphatic rings. The minimum absolute atomic E-state index is 0.168. The maximum Gasteiger partial charge on any atom is 0.408 e. The Morgan fingerprint density at radius 2 is 2.15 bits per heavy atom. The first-order valence-corrected chi connectivity index (χ1v) is 6.48. The largest absolute Gasteiger partial charge is 0.478 e. The van der Waals surface area contributed by atoms with Crippen LogP contribution in [0.25, 0.3) is 0 Å². The molecular formula is C14H18N2O4. The van der Waals surface area contributed by atoms with Crippen LogP contribution in [0.5, 0.6) is 0 Å². The van der Waals surface area contributed by atoms with Crippen LogP contribution in [0.15, 0.2) is 12.3 Å². The highest BCUT2D eigenvalue weighted by Gasteiger charge is 2.28. The average molecular weight is 278 g/mol. The molecule has 1 aromatic rings. The smallest absolute Gasteiger partial charge is 0.408 e. The first kappa shape index (κ1) is 14.3. The summed E-state index contributed by atoms with van der Waals surface area (Å²) in [6.45, 7) is 5.39. The van der Waals surface area contributed by atoms with E-state index in [0.717, 1.165) is 11.3 Å². The van der Waals surface area contributed by atoms with Crippen molar-refractivity contribution in [2.75, 3.05) is 0 Å². The van der Waals surface area contributed by atoms with Gasteiger partial charge in [-0.05, 0) is 45.2 Å². The van der Waals surface area contributed by atoms with Crippen LogP contribution in [0.1, 0.15) is 54.8 Å². The van der Waals surface area contributed by atoms with Gasteiger partial charge in [-0.25, -0.2) is 9.59 Å². The minimum atomic E-state index is -0.996. The van der Waals surface area contributed by atoms with Gasteiger partial charge in [-0.1, -0.05) is 0 Å². The molecule has 6 heteroatoms. The molecule has 0 radical (unpaired) electrons. The van der Waals surface area contributed by atoms with Crippen LogP contribution in [0, 0.1) is 0 Å². The summed E-state index contributed by atoms with van der Waals surface area (Å²) in [6.07, 6.45) is 2.23. The third-order valence-electron chi connectivity index (χ3n) is 2.97. The molecule has 0 saturated heterocycles. The maximum atomic E-state index is 11.7. The Balaban J connectivity index is 2.09. The number of pyridine rings is 1. The summed E-state index contributed by atoms with van der Waals surface area (Å²) in [4.78, 5) is 26.8. The molecule has 1 atom stereocenters. The number of fused-ring (bicyclic) bond motifs is 1. The van der Waals surface area contributed by atoms with Gasteiger partial charge in [0.05, 0.1) is 17.3 Å². The molecule has 1 amide bonds. The molecule has 0 aromatic carbocycles. The second-order valence-corrected chi connectivity index (χ2v) is 5.81. The third-order valence-corrected chi connectivity index (χ3v) is 2.97. The third kappa shape index (κ3) is 3.26. The van der Waals surface area contributed by atoms with Gasteiger partial charge in [0.15, 0.2) is 0 Å². The normalized spacial score (nSPS) is 17.4. The lowest BCUT2D eigenvalue weighted by atomic mass is 10.1. The number of carbonyl (C=O) groups is 2. The standard InChI is InChI=1S/C14H18N2O4/c1-14(2,3)20-13(19)16-10-5-4-8-6-9(12(17)18)7-15-11(8)10/h6-7,10H,4-5H2,1-3H3,(H,16,19)(H,17,18). The summed E-state index contributed by atoms with van der Waals surface area (Å²) in [5.74, 6) is -0.996. The fourth-order valence-corrected chi connectivity index (χ4v) is 2.18. The second kappa shape index (κ2) is 5.11. The number of nitrogens with zero attached hydrogens (tertiary/aromatic N) is 1. The molecule has 1 aliphatic carbocycles. The minimum Gasteiger partial charge on any atom is -0.478 e. The molecular weight excluding hydrogens is 260 g/mol. The lowest BCUT2D eigenvalue weighted by Crippen LogP contribution is -2.34. The van der Waals surface area contributed by atoms with Crippen LogP contribution >= 0.6 is 0 Å². The van der Waals surface area contributed by atoms with Crippen molar-refractivity contribution in [1.82, 2.24) is 10.3 Å². The van der Waals surface area contributed by atoms with Crippen molar-refractivity contribution in [3.05, 3.63) is 29.1 Å². The molecule has 1 aromatic heterocycles. The van der Waals surface area contributed by atoms with Crippen molar-refractivity contribution in [3.63, 3.8) is 0 Å². The summed E-state index contributed by atoms with van der Waals surface area (Å²) in [6, 6.07) is 1.39. The number of aromatic carboxylic acids is 1. The predicted octanol–water partition coefficient (Wildman–Crippen LogP) is 2.29. The number of hydrogen-bond donors (Lipinski definition) is 2. The van der Waals surface area contributed by atoms with Crippen LogP contribution < -0.4 is 5.32 Å². The summed E-state index contributed by atoms with van der Waals surface area (Å²) in [5.41, 5.74) is 1.21. The number of rotatable bonds is 2. The molecule has 108 valence electrons. The van der Waals surface area contributed by atoms with Gasteiger partial charge in [-0.3, -0.25) is 4.98 Å². The zero-order valence-corrected chi connectivity index (χ0v) is 11.8. The quantitative estimate of drug-likeness (QED) is 0.866. The zero-order valence-electron chi connectivity index (χ0n) is 11.8.